The van der Waals surface area contributed by atoms with Crippen molar-refractivity contribution in [3.8, 4) is 5.88 Å². The monoisotopic (exact) mass is 361 g/mol. The van der Waals surface area contributed by atoms with Crippen LogP contribution in [-0.4, -0.2) is 46.0 Å². The number of rotatable bonds is 2. The number of nitrogens with zero attached hydrogens (tertiary/aromatic N) is 3. The molecule has 7 heteroatoms. The van der Waals surface area contributed by atoms with Crippen LogP contribution in [0.15, 0.2) is 30.3 Å². The first kappa shape index (κ1) is 16.4. The molecular formula is C18H20FN3O2S. The largest absolute Gasteiger partial charge is 0.478 e. The first-order valence-corrected chi connectivity index (χ1v) is 9.63. The average Bonchev–Trinajstić information content (AvgIpc) is 2.92. The Bertz CT molecular complexity index is 756. The van der Waals surface area contributed by atoms with Crippen LogP contribution in [0.3, 0.4) is 0 Å². The van der Waals surface area contributed by atoms with Crippen molar-refractivity contribution in [1.29, 1.82) is 0 Å². The Morgan fingerprint density at radius 1 is 1.28 bits per heavy atom. The van der Waals surface area contributed by atoms with Crippen molar-refractivity contribution in [3.05, 3.63) is 47.4 Å². The maximum absolute atomic E-state index is 14.0. The Morgan fingerprint density at radius 3 is 3.00 bits per heavy atom. The lowest BCUT2D eigenvalue weighted by Crippen LogP contribution is -2.33. The van der Waals surface area contributed by atoms with Gasteiger partial charge in [-0.2, -0.15) is 16.9 Å². The van der Waals surface area contributed by atoms with Gasteiger partial charge in [-0.1, -0.05) is 18.2 Å². The van der Waals surface area contributed by atoms with Gasteiger partial charge in [0, 0.05) is 48.7 Å². The number of thioether (sulfide) groups is 1. The van der Waals surface area contributed by atoms with Crippen LogP contribution in [0.2, 0.25) is 0 Å². The van der Waals surface area contributed by atoms with Gasteiger partial charge < -0.3 is 9.64 Å². The van der Waals surface area contributed by atoms with E-state index in [1.54, 1.807) is 28.6 Å². The van der Waals surface area contributed by atoms with Gasteiger partial charge in [0.1, 0.15) is 5.82 Å². The molecule has 3 heterocycles. The van der Waals surface area contributed by atoms with Gasteiger partial charge in [-0.25, -0.2) is 9.07 Å². The molecule has 4 rings (SSSR count). The summed E-state index contributed by atoms with van der Waals surface area (Å²) < 4.78 is 21.3. The summed E-state index contributed by atoms with van der Waals surface area (Å²) in [6, 6.07) is 8.64. The minimum Gasteiger partial charge on any atom is -0.478 e. The lowest BCUT2D eigenvalue weighted by molar-refractivity contribution is 0.0759. The van der Waals surface area contributed by atoms with Gasteiger partial charge in [0.15, 0.2) is 5.69 Å². The molecule has 25 heavy (non-hydrogen) atoms. The maximum atomic E-state index is 14.0. The van der Waals surface area contributed by atoms with Gasteiger partial charge in [0.2, 0.25) is 5.88 Å². The van der Waals surface area contributed by atoms with E-state index in [-0.39, 0.29) is 17.0 Å². The molecule has 1 unspecified atom stereocenters. The first-order valence-electron chi connectivity index (χ1n) is 8.58. The third-order valence-electron chi connectivity index (χ3n) is 4.61. The van der Waals surface area contributed by atoms with Gasteiger partial charge in [-0.3, -0.25) is 4.79 Å². The zero-order chi connectivity index (χ0) is 17.2. The van der Waals surface area contributed by atoms with Crippen molar-refractivity contribution >= 4 is 17.7 Å². The summed E-state index contributed by atoms with van der Waals surface area (Å²) in [6.45, 7) is 2.71. The summed E-state index contributed by atoms with van der Waals surface area (Å²) in [5, 5.41) is 4.46. The Morgan fingerprint density at radius 2 is 2.16 bits per heavy atom. The second-order valence-corrected chi connectivity index (χ2v) is 7.57. The van der Waals surface area contributed by atoms with Crippen molar-refractivity contribution in [2.24, 2.45) is 0 Å². The van der Waals surface area contributed by atoms with Crippen LogP contribution in [-0.2, 0) is 6.54 Å². The fourth-order valence-electron chi connectivity index (χ4n) is 3.29. The van der Waals surface area contributed by atoms with E-state index in [9.17, 15) is 9.18 Å². The van der Waals surface area contributed by atoms with Gasteiger partial charge in [0.05, 0.1) is 6.61 Å². The molecule has 0 bridgehead atoms. The van der Waals surface area contributed by atoms with E-state index >= 15 is 0 Å². The molecule has 5 nitrogen and oxygen atoms in total. The summed E-state index contributed by atoms with van der Waals surface area (Å²) >= 11 is 1.71. The van der Waals surface area contributed by atoms with Crippen LogP contribution in [0, 0.1) is 5.82 Å². The number of ether oxygens (including phenoxy) is 1. The quantitative estimate of drug-likeness (QED) is 0.825. The highest BCUT2D eigenvalue weighted by Crippen LogP contribution is 2.35. The Labute approximate surface area is 150 Å². The molecule has 1 fully saturated rings. The van der Waals surface area contributed by atoms with E-state index < -0.39 is 0 Å². The highest BCUT2D eigenvalue weighted by molar-refractivity contribution is 7.99. The summed E-state index contributed by atoms with van der Waals surface area (Å²) in [4.78, 5) is 14.6. The lowest BCUT2D eigenvalue weighted by atomic mass is 10.1. The van der Waals surface area contributed by atoms with Crippen LogP contribution >= 0.6 is 11.8 Å². The number of hydrogen-bond acceptors (Lipinski definition) is 4. The predicted molar refractivity (Wildman–Crippen MR) is 94.5 cm³/mol. The highest BCUT2D eigenvalue weighted by atomic mass is 32.2. The second-order valence-electron chi connectivity index (χ2n) is 6.25. The highest BCUT2D eigenvalue weighted by Gasteiger charge is 2.27. The van der Waals surface area contributed by atoms with Crippen LogP contribution in [0.4, 0.5) is 4.39 Å². The average molecular weight is 361 g/mol. The van der Waals surface area contributed by atoms with Crippen molar-refractivity contribution in [1.82, 2.24) is 14.7 Å². The number of carbonyl (C=O) groups excluding carboxylic acids is 1. The van der Waals surface area contributed by atoms with Crippen LogP contribution in [0.5, 0.6) is 5.88 Å². The van der Waals surface area contributed by atoms with E-state index in [1.807, 2.05) is 17.0 Å². The molecule has 0 N–H and O–H groups in total. The molecule has 1 aromatic carbocycles. The SMILES string of the molecule is O=C(c1cc2n(n1)CCCO2)N1CCSC(c2ccccc2F)CC1. The maximum Gasteiger partial charge on any atom is 0.274 e. The topological polar surface area (TPSA) is 47.4 Å². The fourth-order valence-corrected chi connectivity index (χ4v) is 4.54. The molecule has 0 radical (unpaired) electrons. The molecule has 2 aliphatic heterocycles. The summed E-state index contributed by atoms with van der Waals surface area (Å²) in [7, 11) is 0. The number of aromatic nitrogens is 2. The summed E-state index contributed by atoms with van der Waals surface area (Å²) in [5.41, 5.74) is 1.17. The van der Waals surface area contributed by atoms with E-state index in [0.717, 1.165) is 30.7 Å². The number of halogens is 1. The minimum atomic E-state index is -0.168. The van der Waals surface area contributed by atoms with Gasteiger partial charge in [-0.05, 0) is 12.5 Å². The van der Waals surface area contributed by atoms with E-state index in [4.69, 9.17) is 4.74 Å². The molecule has 132 valence electrons. The van der Waals surface area contributed by atoms with Crippen LogP contribution in [0.25, 0.3) is 0 Å². The Kier molecular flexibility index (Phi) is 4.65. The number of aryl methyl sites for hydroxylation is 1. The zero-order valence-corrected chi connectivity index (χ0v) is 14.7. The standard InChI is InChI=1S/C18H20FN3O2S/c19-14-5-2-1-4-13(14)16-6-8-21(9-11-25-16)18(23)15-12-17-22(20-15)7-3-10-24-17/h1-2,4-5,12,16H,3,6-11H2. The Hall–Kier alpha value is -2.02. The Balaban J connectivity index is 1.46. The molecule has 2 aromatic rings. The van der Waals surface area contributed by atoms with E-state index in [1.165, 1.54) is 6.07 Å². The fraction of sp³-hybridized carbons (Fsp3) is 0.444. The van der Waals surface area contributed by atoms with Crippen LogP contribution < -0.4 is 4.74 Å². The second kappa shape index (κ2) is 7.07. The molecule has 0 saturated carbocycles. The number of amides is 1. The first-order chi connectivity index (χ1) is 12.2. The number of carbonyl (C=O) groups is 1. The molecule has 2 aliphatic rings. The lowest BCUT2D eigenvalue weighted by Gasteiger charge is -2.19. The number of fused-ring (bicyclic) bond motifs is 1. The van der Waals surface area contributed by atoms with Crippen LogP contribution in [0.1, 0.15) is 34.1 Å². The number of benzene rings is 1. The normalized spacial score (nSPS) is 20.5. The predicted octanol–water partition coefficient (Wildman–Crippen LogP) is 3.13. The van der Waals surface area contributed by atoms with Crippen molar-refractivity contribution in [2.45, 2.75) is 24.6 Å². The number of hydrogen-bond donors (Lipinski definition) is 0. The van der Waals surface area contributed by atoms with Gasteiger partial charge in [0.25, 0.3) is 5.91 Å². The third kappa shape index (κ3) is 3.38. The van der Waals surface area contributed by atoms with E-state index in [0.29, 0.717) is 31.3 Å². The smallest absolute Gasteiger partial charge is 0.274 e. The van der Waals surface area contributed by atoms with Crippen molar-refractivity contribution in [2.75, 3.05) is 25.4 Å². The summed E-state index contributed by atoms with van der Waals surface area (Å²) in [6.07, 6.45) is 1.65. The van der Waals surface area contributed by atoms with Gasteiger partial charge >= 0.3 is 0 Å². The molecule has 0 aliphatic carbocycles. The molecular weight excluding hydrogens is 341 g/mol. The molecule has 1 amide bonds. The van der Waals surface area contributed by atoms with E-state index in [2.05, 4.69) is 5.10 Å². The molecule has 1 aromatic heterocycles. The molecule has 0 spiro atoms. The molecule has 1 saturated heterocycles. The summed E-state index contributed by atoms with van der Waals surface area (Å²) in [5.74, 6) is 1.22. The molecule has 1 atom stereocenters. The minimum absolute atomic E-state index is 0.0692. The van der Waals surface area contributed by atoms with Gasteiger partial charge in [-0.15, -0.1) is 0 Å². The zero-order valence-electron chi connectivity index (χ0n) is 13.9. The van der Waals surface area contributed by atoms with Crippen molar-refractivity contribution in [3.63, 3.8) is 0 Å². The third-order valence-corrected chi connectivity index (χ3v) is 5.92. The van der Waals surface area contributed by atoms with Crippen molar-refractivity contribution < 1.29 is 13.9 Å².